The maximum Gasteiger partial charge on any atom is 1.00 e. The van der Waals surface area contributed by atoms with Crippen LogP contribution in [0.3, 0.4) is 0 Å². The monoisotopic (exact) mass is 677 g/mol. The van der Waals surface area contributed by atoms with E-state index in [1.807, 2.05) is 0 Å². The molecule has 3 aromatic rings. The molecule has 11 nitrogen and oxygen atoms in total. The van der Waals surface area contributed by atoms with Gasteiger partial charge in [0, 0.05) is 12.3 Å². The maximum absolute atomic E-state index is 14.0. The van der Waals surface area contributed by atoms with Gasteiger partial charge in [-0.2, -0.15) is 22.8 Å². The summed E-state index contributed by atoms with van der Waals surface area (Å²) in [6.07, 6.45) is -5.04. The summed E-state index contributed by atoms with van der Waals surface area (Å²) in [7, 11) is -19.7. The molecular weight excluding hydrogens is 661 g/mol. The molecule has 0 spiro atoms. The molecule has 0 aliphatic heterocycles. The van der Waals surface area contributed by atoms with E-state index in [0.717, 1.165) is 61.7 Å². The quantitative estimate of drug-likeness (QED) is 0.169. The third-order valence-electron chi connectivity index (χ3n) is 5.58. The SMILES string of the molecule is Cc1cc(OC(F)(F)C(F)(F)S(=O)(=O)[O-])cc(S(=O)(=O)c2ccc(S(=O)(=O)c3ccc(S(C)(=O)=O)cc3)cc2)c1C#N.[Li+]. The third-order valence-corrected chi connectivity index (χ3v) is 11.2. The Hall–Kier alpha value is -2.97. The molecule has 0 saturated carbocycles. The van der Waals surface area contributed by atoms with Crippen LogP contribution >= 0.6 is 0 Å². The first-order chi connectivity index (χ1) is 19.0. The molecule has 0 unspecified atom stereocenters. The zero-order valence-electron chi connectivity index (χ0n) is 21.9. The molecule has 0 fully saturated rings. The summed E-state index contributed by atoms with van der Waals surface area (Å²) in [5.74, 6) is -1.34. The van der Waals surface area contributed by atoms with Crippen molar-refractivity contribution in [1.82, 2.24) is 0 Å². The number of alkyl halides is 4. The van der Waals surface area contributed by atoms with Gasteiger partial charge >= 0.3 is 30.2 Å². The summed E-state index contributed by atoms with van der Waals surface area (Å²) >= 11 is 0. The molecule has 0 aliphatic rings. The minimum atomic E-state index is -6.93. The molecule has 3 rings (SSSR count). The molecule has 43 heavy (non-hydrogen) atoms. The summed E-state index contributed by atoms with van der Waals surface area (Å²) in [6, 6.07) is 9.65. The minimum absolute atomic E-state index is 0. The number of ether oxygens (including phenoxy) is 1. The predicted molar refractivity (Wildman–Crippen MR) is 133 cm³/mol. The number of sulfone groups is 3. The molecule has 0 N–H and O–H groups in total. The van der Waals surface area contributed by atoms with Gasteiger partial charge in [0.15, 0.2) is 20.0 Å². The second kappa shape index (κ2) is 11.8. The summed E-state index contributed by atoms with van der Waals surface area (Å²) in [5, 5.41) is 3.20. The first-order valence-electron chi connectivity index (χ1n) is 10.8. The van der Waals surface area contributed by atoms with Gasteiger partial charge in [0.05, 0.1) is 30.0 Å². The van der Waals surface area contributed by atoms with Crippen molar-refractivity contribution in [1.29, 1.82) is 5.26 Å². The van der Waals surface area contributed by atoms with Crippen molar-refractivity contribution in [3.05, 3.63) is 71.8 Å². The molecule has 0 heterocycles. The summed E-state index contributed by atoms with van der Waals surface area (Å²) in [5.41, 5.74) is -1.02. The van der Waals surface area contributed by atoms with E-state index in [0.29, 0.717) is 6.07 Å². The average molecular weight is 678 g/mol. The fourth-order valence-electron chi connectivity index (χ4n) is 3.42. The topological polar surface area (TPSA) is 193 Å². The van der Waals surface area contributed by atoms with Gasteiger partial charge in [-0.05, 0) is 67.1 Å². The Kier molecular flexibility index (Phi) is 9.98. The van der Waals surface area contributed by atoms with Gasteiger partial charge in [-0.3, -0.25) is 0 Å². The van der Waals surface area contributed by atoms with Gasteiger partial charge in [0.2, 0.25) is 19.7 Å². The number of hydrogen-bond donors (Lipinski definition) is 0. The average Bonchev–Trinajstić information content (AvgIpc) is 2.87. The third kappa shape index (κ3) is 6.91. The Morgan fingerprint density at radius 2 is 1.14 bits per heavy atom. The van der Waals surface area contributed by atoms with Gasteiger partial charge in [0.1, 0.15) is 11.8 Å². The Labute approximate surface area is 255 Å². The number of halogens is 4. The van der Waals surface area contributed by atoms with E-state index in [9.17, 15) is 61.0 Å². The Morgan fingerprint density at radius 1 is 0.744 bits per heavy atom. The van der Waals surface area contributed by atoms with Crippen molar-refractivity contribution in [2.45, 2.75) is 42.8 Å². The molecular formula is C23H16F4LiNO10S4. The van der Waals surface area contributed by atoms with Crippen molar-refractivity contribution >= 4 is 39.6 Å². The standard InChI is InChI=1S/C23H17F4NO10S4.Li/c1-14-11-15(38-22(24,25)23(26,27)42(35,36)37)12-21(20(14)13-28)41(33,34)19-9-7-18(8-10-19)40(31,32)17-5-3-16(4-6-17)39(2,29)30;/h3-12H,1-2H3,(H,35,36,37);/q;+1/p-1. The molecule has 226 valence electrons. The summed E-state index contributed by atoms with van der Waals surface area (Å²) in [4.78, 5) is -2.66. The Morgan fingerprint density at radius 3 is 1.51 bits per heavy atom. The number of aryl methyl sites for hydroxylation is 1. The largest absolute Gasteiger partial charge is 1.00 e. The van der Waals surface area contributed by atoms with Crippen LogP contribution in [0.15, 0.2) is 85.1 Å². The van der Waals surface area contributed by atoms with Gasteiger partial charge in [-0.1, -0.05) is 0 Å². The molecule has 0 saturated heterocycles. The first-order valence-corrected chi connectivity index (χ1v) is 17.1. The summed E-state index contributed by atoms with van der Waals surface area (Å²) in [6.45, 7) is 1.02. The van der Waals surface area contributed by atoms with Crippen LogP contribution in [0.2, 0.25) is 0 Å². The van der Waals surface area contributed by atoms with E-state index in [1.165, 1.54) is 6.07 Å². The van der Waals surface area contributed by atoms with Crippen LogP contribution in [-0.2, 0) is 39.6 Å². The van der Waals surface area contributed by atoms with Crippen LogP contribution in [0.1, 0.15) is 11.1 Å². The van der Waals surface area contributed by atoms with Crippen molar-refractivity contribution in [2.75, 3.05) is 6.26 Å². The molecule has 0 aliphatic carbocycles. The number of nitriles is 1. The van der Waals surface area contributed by atoms with Gasteiger partial charge in [-0.15, -0.1) is 0 Å². The molecule has 0 bridgehead atoms. The second-order valence-corrected chi connectivity index (χ2v) is 15.8. The Bertz CT molecular complexity index is 2050. The molecule has 0 amide bonds. The molecule has 0 aromatic heterocycles. The smallest absolute Gasteiger partial charge is 0.743 e. The normalized spacial score (nSPS) is 13.1. The summed E-state index contributed by atoms with van der Waals surface area (Å²) < 4.78 is 166. The predicted octanol–water partition coefficient (Wildman–Crippen LogP) is 0.0494. The van der Waals surface area contributed by atoms with E-state index in [4.69, 9.17) is 0 Å². The molecule has 0 atom stereocenters. The molecule has 20 heteroatoms. The van der Waals surface area contributed by atoms with Crippen LogP contribution in [0, 0.1) is 18.3 Å². The van der Waals surface area contributed by atoms with Gasteiger partial charge in [0.25, 0.3) is 0 Å². The van der Waals surface area contributed by atoms with Crippen LogP contribution in [0.5, 0.6) is 5.75 Å². The zero-order chi connectivity index (χ0) is 32.1. The van der Waals surface area contributed by atoms with E-state index < -0.39 is 77.0 Å². The Balaban J connectivity index is 0.00000645. The zero-order valence-corrected chi connectivity index (χ0v) is 25.2. The van der Waals surface area contributed by atoms with Crippen molar-refractivity contribution in [2.24, 2.45) is 0 Å². The van der Waals surface area contributed by atoms with E-state index in [2.05, 4.69) is 4.74 Å². The molecule has 3 aromatic carbocycles. The van der Waals surface area contributed by atoms with Crippen molar-refractivity contribution < 1.29 is 79.4 Å². The van der Waals surface area contributed by atoms with Crippen molar-refractivity contribution in [3.63, 3.8) is 0 Å². The van der Waals surface area contributed by atoms with Crippen LogP contribution < -0.4 is 23.6 Å². The van der Waals surface area contributed by atoms with E-state index in [-0.39, 0.29) is 40.3 Å². The van der Waals surface area contributed by atoms with Crippen molar-refractivity contribution in [3.8, 4) is 11.8 Å². The number of rotatable bonds is 9. The van der Waals surface area contributed by atoms with Crippen LogP contribution in [0.4, 0.5) is 17.6 Å². The number of nitrogens with zero attached hydrogens (tertiary/aromatic N) is 1. The fraction of sp³-hybridized carbons (Fsp3) is 0.174. The molecule has 0 radical (unpaired) electrons. The second-order valence-electron chi connectivity index (χ2n) is 8.54. The first kappa shape index (κ1) is 36.2. The van der Waals surface area contributed by atoms with E-state index >= 15 is 0 Å². The van der Waals surface area contributed by atoms with Gasteiger partial charge in [-0.25, -0.2) is 33.7 Å². The number of hydrogen-bond acceptors (Lipinski definition) is 11. The van der Waals surface area contributed by atoms with E-state index in [1.54, 1.807) is 0 Å². The van der Waals surface area contributed by atoms with Crippen LogP contribution in [0.25, 0.3) is 0 Å². The maximum atomic E-state index is 14.0. The number of benzene rings is 3. The van der Waals surface area contributed by atoms with Gasteiger partial charge < -0.3 is 9.29 Å². The van der Waals surface area contributed by atoms with Crippen LogP contribution in [-0.4, -0.2) is 55.8 Å². The fourth-order valence-corrected chi connectivity index (χ4v) is 7.14. The minimum Gasteiger partial charge on any atom is -0.743 e.